The first-order valence-electron chi connectivity index (χ1n) is 8.63. The normalized spacial score (nSPS) is 15.4. The van der Waals surface area contributed by atoms with Gasteiger partial charge in [0.2, 0.25) is 0 Å². The number of nitro groups is 1. The summed E-state index contributed by atoms with van der Waals surface area (Å²) in [6.07, 6.45) is 1.42. The van der Waals surface area contributed by atoms with E-state index in [9.17, 15) is 24.8 Å². The van der Waals surface area contributed by atoms with Gasteiger partial charge in [-0.25, -0.2) is 0 Å². The summed E-state index contributed by atoms with van der Waals surface area (Å²) < 4.78 is 0. The molecule has 0 atom stereocenters. The summed E-state index contributed by atoms with van der Waals surface area (Å²) >= 11 is 0.786. The number of carbonyl (C=O) groups excluding carboxylic acids is 2. The third kappa shape index (κ3) is 3.57. The van der Waals surface area contributed by atoms with Crippen LogP contribution < -0.4 is 0 Å². The van der Waals surface area contributed by atoms with E-state index in [4.69, 9.17) is 0 Å². The second-order valence-corrected chi connectivity index (χ2v) is 7.40. The van der Waals surface area contributed by atoms with E-state index >= 15 is 0 Å². The van der Waals surface area contributed by atoms with Crippen LogP contribution in [-0.2, 0) is 11.3 Å². The highest BCUT2D eigenvalue weighted by Gasteiger charge is 2.35. The predicted octanol–water partition coefficient (Wildman–Crippen LogP) is 4.69. The Morgan fingerprint density at radius 2 is 1.83 bits per heavy atom. The number of nitro benzene ring substituents is 1. The molecule has 0 aliphatic carbocycles. The molecule has 0 saturated carbocycles. The molecular weight excluding hydrogens is 392 g/mol. The van der Waals surface area contributed by atoms with E-state index in [1.54, 1.807) is 0 Å². The van der Waals surface area contributed by atoms with Gasteiger partial charge in [-0.05, 0) is 45.8 Å². The highest BCUT2D eigenvalue weighted by Crippen LogP contribution is 2.35. The molecule has 1 saturated heterocycles. The van der Waals surface area contributed by atoms with Crippen LogP contribution in [0.25, 0.3) is 16.8 Å². The maximum Gasteiger partial charge on any atom is 0.311 e. The van der Waals surface area contributed by atoms with Gasteiger partial charge in [-0.15, -0.1) is 0 Å². The molecule has 0 aromatic heterocycles. The Morgan fingerprint density at radius 3 is 2.62 bits per heavy atom. The lowest BCUT2D eigenvalue weighted by Gasteiger charge is -2.14. The number of benzene rings is 3. The number of fused-ring (bicyclic) bond motifs is 1. The van der Waals surface area contributed by atoms with E-state index in [0.717, 1.165) is 39.1 Å². The Labute approximate surface area is 169 Å². The molecule has 1 fully saturated rings. The van der Waals surface area contributed by atoms with E-state index in [1.165, 1.54) is 18.2 Å². The summed E-state index contributed by atoms with van der Waals surface area (Å²) in [5, 5.41) is 22.1. The minimum absolute atomic E-state index is 0.138. The molecule has 3 aromatic carbocycles. The molecule has 7 nitrogen and oxygen atoms in total. The zero-order valence-corrected chi connectivity index (χ0v) is 15.8. The van der Waals surface area contributed by atoms with Gasteiger partial charge in [-0.1, -0.05) is 48.5 Å². The molecule has 1 heterocycles. The van der Waals surface area contributed by atoms with Crippen LogP contribution in [-0.4, -0.2) is 26.1 Å². The Morgan fingerprint density at radius 1 is 1.07 bits per heavy atom. The average molecular weight is 406 g/mol. The van der Waals surface area contributed by atoms with Crippen molar-refractivity contribution < 1.29 is 19.6 Å². The van der Waals surface area contributed by atoms with Crippen molar-refractivity contribution in [3.8, 4) is 5.75 Å². The second-order valence-electron chi connectivity index (χ2n) is 6.41. The van der Waals surface area contributed by atoms with Crippen LogP contribution in [0, 0.1) is 10.1 Å². The lowest BCUT2D eigenvalue weighted by Crippen LogP contribution is -2.27. The number of imide groups is 1. The fourth-order valence-electron chi connectivity index (χ4n) is 3.16. The second kappa shape index (κ2) is 7.40. The highest BCUT2D eigenvalue weighted by molar-refractivity contribution is 8.18. The van der Waals surface area contributed by atoms with Crippen molar-refractivity contribution in [2.45, 2.75) is 6.54 Å². The number of phenols is 1. The average Bonchev–Trinajstić information content (AvgIpc) is 2.97. The monoisotopic (exact) mass is 406 g/mol. The Hall–Kier alpha value is -3.65. The Bertz CT molecular complexity index is 1200. The fourth-order valence-corrected chi connectivity index (χ4v) is 4.00. The van der Waals surface area contributed by atoms with E-state index in [-0.39, 0.29) is 11.4 Å². The molecule has 1 N–H and O–H groups in total. The van der Waals surface area contributed by atoms with Gasteiger partial charge in [0.25, 0.3) is 11.1 Å². The van der Waals surface area contributed by atoms with Crippen molar-refractivity contribution in [2.24, 2.45) is 0 Å². The van der Waals surface area contributed by atoms with Crippen molar-refractivity contribution >= 4 is 45.4 Å². The number of hydrogen-bond acceptors (Lipinski definition) is 6. The van der Waals surface area contributed by atoms with E-state index in [0.29, 0.717) is 5.56 Å². The van der Waals surface area contributed by atoms with Crippen LogP contribution in [0.3, 0.4) is 0 Å². The zero-order chi connectivity index (χ0) is 20.5. The van der Waals surface area contributed by atoms with E-state index in [1.807, 2.05) is 42.5 Å². The van der Waals surface area contributed by atoms with Gasteiger partial charge in [0.05, 0.1) is 16.4 Å². The summed E-state index contributed by atoms with van der Waals surface area (Å²) in [6.45, 7) is 0.138. The molecule has 2 amide bonds. The number of carbonyl (C=O) groups is 2. The summed E-state index contributed by atoms with van der Waals surface area (Å²) in [5.74, 6) is -0.917. The standard InChI is InChI=1S/C21H14N2O5S/c24-18-9-8-13(10-17(18)23(27)28)11-19-20(25)22(21(26)29-19)12-15-6-3-5-14-4-1-2-7-16(14)15/h1-11,24H,12H2/b19-11+. The van der Waals surface area contributed by atoms with Crippen LogP contribution in [0.15, 0.2) is 65.6 Å². The molecule has 144 valence electrons. The van der Waals surface area contributed by atoms with Gasteiger partial charge in [0.15, 0.2) is 5.75 Å². The first-order valence-corrected chi connectivity index (χ1v) is 9.45. The SMILES string of the molecule is O=C1S/C(=C/c2ccc(O)c([N+](=O)[O-])c2)C(=O)N1Cc1cccc2ccccc12. The molecule has 3 aromatic rings. The smallest absolute Gasteiger partial charge is 0.311 e. The fraction of sp³-hybridized carbons (Fsp3) is 0.0476. The topological polar surface area (TPSA) is 101 Å². The van der Waals surface area contributed by atoms with Gasteiger partial charge in [-0.2, -0.15) is 0 Å². The summed E-state index contributed by atoms with van der Waals surface area (Å²) in [4.78, 5) is 36.8. The van der Waals surface area contributed by atoms with Crippen molar-refractivity contribution in [3.05, 3.63) is 86.8 Å². The van der Waals surface area contributed by atoms with Gasteiger partial charge >= 0.3 is 5.69 Å². The molecule has 0 unspecified atom stereocenters. The molecule has 0 bridgehead atoms. The summed E-state index contributed by atoms with van der Waals surface area (Å²) in [6, 6.07) is 17.2. The van der Waals surface area contributed by atoms with Crippen LogP contribution in [0.5, 0.6) is 5.75 Å². The Balaban J connectivity index is 1.63. The number of rotatable bonds is 4. The molecule has 4 rings (SSSR count). The van der Waals surface area contributed by atoms with Crippen LogP contribution in [0.1, 0.15) is 11.1 Å². The summed E-state index contributed by atoms with van der Waals surface area (Å²) in [7, 11) is 0. The first-order chi connectivity index (χ1) is 13.9. The third-order valence-electron chi connectivity index (χ3n) is 4.58. The van der Waals surface area contributed by atoms with Crippen molar-refractivity contribution in [1.29, 1.82) is 0 Å². The molecule has 0 radical (unpaired) electrons. The van der Waals surface area contributed by atoms with Gasteiger partial charge in [0.1, 0.15) is 0 Å². The van der Waals surface area contributed by atoms with Gasteiger partial charge in [-0.3, -0.25) is 24.6 Å². The maximum atomic E-state index is 12.8. The van der Waals surface area contributed by atoms with Crippen LogP contribution in [0.4, 0.5) is 10.5 Å². The molecule has 0 spiro atoms. The Kier molecular flexibility index (Phi) is 4.77. The van der Waals surface area contributed by atoms with Gasteiger partial charge < -0.3 is 5.11 Å². The lowest BCUT2D eigenvalue weighted by atomic mass is 10.0. The van der Waals surface area contributed by atoms with Gasteiger partial charge in [0, 0.05) is 6.07 Å². The van der Waals surface area contributed by atoms with E-state index in [2.05, 4.69) is 0 Å². The number of nitrogens with zero attached hydrogens (tertiary/aromatic N) is 2. The maximum absolute atomic E-state index is 12.8. The van der Waals surface area contributed by atoms with Crippen LogP contribution in [0.2, 0.25) is 0 Å². The van der Waals surface area contributed by atoms with Crippen molar-refractivity contribution in [2.75, 3.05) is 0 Å². The molecule has 8 heteroatoms. The zero-order valence-electron chi connectivity index (χ0n) is 14.9. The third-order valence-corrected chi connectivity index (χ3v) is 5.48. The number of amides is 2. The summed E-state index contributed by atoms with van der Waals surface area (Å²) in [5.41, 5.74) is 0.741. The first kappa shape index (κ1) is 18.7. The van der Waals surface area contributed by atoms with E-state index < -0.39 is 27.5 Å². The quantitative estimate of drug-likeness (QED) is 0.383. The molecule has 29 heavy (non-hydrogen) atoms. The number of hydrogen-bond donors (Lipinski definition) is 1. The molecular formula is C21H14N2O5S. The van der Waals surface area contributed by atoms with Crippen LogP contribution >= 0.6 is 11.8 Å². The minimum atomic E-state index is -0.709. The van der Waals surface area contributed by atoms with Crippen molar-refractivity contribution in [1.82, 2.24) is 4.90 Å². The predicted molar refractivity (Wildman–Crippen MR) is 110 cm³/mol. The highest BCUT2D eigenvalue weighted by atomic mass is 32.2. The molecule has 1 aliphatic rings. The minimum Gasteiger partial charge on any atom is -0.502 e. The lowest BCUT2D eigenvalue weighted by molar-refractivity contribution is -0.385. The number of aromatic hydroxyl groups is 1. The largest absolute Gasteiger partial charge is 0.502 e. The molecule has 1 aliphatic heterocycles. The van der Waals surface area contributed by atoms with Crippen molar-refractivity contribution in [3.63, 3.8) is 0 Å². The number of phenolic OH excluding ortho intramolecular Hbond substituents is 1. The number of thioether (sulfide) groups is 1.